The number of nitrogens with zero attached hydrogens (tertiary/aromatic N) is 2. The minimum atomic E-state index is -1.22. The molecule has 4 aromatic carbocycles. The largest absolute Gasteiger partial charge is 0.462 e. The van der Waals surface area contributed by atoms with Crippen molar-refractivity contribution in [2.45, 2.75) is 87.6 Å². The molecule has 8 nitrogen and oxygen atoms in total. The molecule has 10 heteroatoms. The molecule has 2 N–H and O–H groups in total. The Morgan fingerprint density at radius 3 is 1.80 bits per heavy atom. The van der Waals surface area contributed by atoms with E-state index in [1.165, 1.54) is 24.3 Å². The lowest BCUT2D eigenvalue weighted by Gasteiger charge is -2.27. The molecule has 60 heavy (non-hydrogen) atoms. The van der Waals surface area contributed by atoms with E-state index in [0.29, 0.717) is 0 Å². The number of ether oxygens (including phenoxy) is 2. The third-order valence-corrected chi connectivity index (χ3v) is 11.5. The van der Waals surface area contributed by atoms with Crippen molar-refractivity contribution in [1.82, 2.24) is 9.97 Å². The van der Waals surface area contributed by atoms with Crippen LogP contribution in [-0.4, -0.2) is 56.5 Å². The molecule has 0 bridgehead atoms. The van der Waals surface area contributed by atoms with Crippen LogP contribution in [0.25, 0.3) is 56.2 Å². The second kappa shape index (κ2) is 16.9. The predicted octanol–water partition coefficient (Wildman–Crippen LogP) is 10.00. The average Bonchev–Trinajstić information content (AvgIpc) is 4.17. The molecule has 3 aliphatic rings. The number of halogens is 2. The van der Waals surface area contributed by atoms with E-state index in [2.05, 4.69) is 0 Å². The molecule has 9 rings (SSSR count). The number of esters is 2. The summed E-state index contributed by atoms with van der Waals surface area (Å²) in [7, 11) is 0. The number of hydrogen-bond acceptors (Lipinski definition) is 8. The van der Waals surface area contributed by atoms with Gasteiger partial charge >= 0.3 is 11.9 Å². The maximum Gasteiger partial charge on any atom is 0.310 e. The summed E-state index contributed by atoms with van der Waals surface area (Å²) >= 11 is 0. The van der Waals surface area contributed by atoms with Gasteiger partial charge < -0.3 is 19.7 Å². The number of aromatic nitrogens is 2. The van der Waals surface area contributed by atoms with Crippen molar-refractivity contribution in [2.24, 2.45) is 0 Å². The minimum Gasteiger partial charge on any atom is -0.462 e. The monoisotopic (exact) mass is 806 g/mol. The summed E-state index contributed by atoms with van der Waals surface area (Å²) in [4.78, 5) is 35.9. The molecule has 304 valence electrons. The quantitative estimate of drug-likeness (QED) is 0.111. The highest BCUT2D eigenvalue weighted by molar-refractivity contribution is 6.00. The first kappa shape index (κ1) is 39.4. The summed E-state index contributed by atoms with van der Waals surface area (Å²) in [5, 5.41) is 23.8. The van der Waals surface area contributed by atoms with E-state index in [-0.39, 0.29) is 49.2 Å². The van der Waals surface area contributed by atoms with Gasteiger partial charge in [-0.05, 0) is 79.3 Å². The molecular weight excluding hydrogens is 763 g/mol. The first-order valence-electron chi connectivity index (χ1n) is 20.7. The molecule has 2 saturated carbocycles. The van der Waals surface area contributed by atoms with Crippen LogP contribution in [-0.2, 0) is 19.1 Å². The van der Waals surface area contributed by atoms with E-state index in [0.717, 1.165) is 92.3 Å². The van der Waals surface area contributed by atoms with Crippen LogP contribution in [0, 0.1) is 11.6 Å². The Labute approximate surface area is 346 Å². The van der Waals surface area contributed by atoms with Crippen LogP contribution in [0.5, 0.6) is 0 Å². The maximum atomic E-state index is 14.0. The fourth-order valence-corrected chi connectivity index (χ4v) is 8.30. The van der Waals surface area contributed by atoms with Gasteiger partial charge in [-0.3, -0.25) is 19.6 Å². The number of rotatable bonds is 13. The van der Waals surface area contributed by atoms with Crippen LogP contribution in [0.3, 0.4) is 0 Å². The first-order valence-corrected chi connectivity index (χ1v) is 20.7. The lowest BCUT2D eigenvalue weighted by molar-refractivity contribution is -0.167. The van der Waals surface area contributed by atoms with Gasteiger partial charge in [0.15, 0.2) is 0 Å². The molecule has 1 aliphatic heterocycles. The summed E-state index contributed by atoms with van der Waals surface area (Å²) in [6.07, 6.45) is 6.93. The number of carbonyl (C=O) groups is 2. The molecule has 0 amide bonds. The van der Waals surface area contributed by atoms with Gasteiger partial charge in [0.2, 0.25) is 0 Å². The number of carbonyl (C=O) groups excluding carboxylic acids is 2. The van der Waals surface area contributed by atoms with Gasteiger partial charge in [-0.15, -0.1) is 0 Å². The summed E-state index contributed by atoms with van der Waals surface area (Å²) in [5.41, 5.74) is 8.69. The lowest BCUT2D eigenvalue weighted by atomic mass is 9.92. The maximum absolute atomic E-state index is 14.0. The molecule has 0 spiro atoms. The van der Waals surface area contributed by atoms with E-state index >= 15 is 0 Å². The average molecular weight is 807 g/mol. The second-order valence-corrected chi connectivity index (χ2v) is 16.1. The number of fused-ring (bicyclic) bond motifs is 2. The van der Waals surface area contributed by atoms with Gasteiger partial charge in [0.25, 0.3) is 0 Å². The number of aliphatic hydroxyl groups excluding tert-OH is 2. The van der Waals surface area contributed by atoms with E-state index in [1.54, 1.807) is 36.4 Å². The normalized spacial score (nSPS) is 19.2. The van der Waals surface area contributed by atoms with Crippen molar-refractivity contribution in [3.8, 4) is 22.3 Å². The molecule has 4 atom stereocenters. The Morgan fingerprint density at radius 2 is 1.27 bits per heavy atom. The van der Waals surface area contributed by atoms with Crippen LogP contribution in [0.2, 0.25) is 0 Å². The molecule has 3 heterocycles. The van der Waals surface area contributed by atoms with Gasteiger partial charge in [0, 0.05) is 57.7 Å². The number of benzene rings is 4. The van der Waals surface area contributed by atoms with Gasteiger partial charge in [-0.2, -0.15) is 0 Å². The van der Waals surface area contributed by atoms with E-state index < -0.39 is 36.4 Å². The molecule has 1 saturated heterocycles. The van der Waals surface area contributed by atoms with Gasteiger partial charge in [-0.25, -0.2) is 8.78 Å². The molecule has 0 unspecified atom stereocenters. The van der Waals surface area contributed by atoms with Crippen LogP contribution < -0.4 is 0 Å². The highest BCUT2D eigenvalue weighted by Crippen LogP contribution is 2.47. The topological polar surface area (TPSA) is 119 Å². The van der Waals surface area contributed by atoms with Gasteiger partial charge in [0.1, 0.15) is 23.8 Å². The van der Waals surface area contributed by atoms with E-state index in [9.17, 15) is 28.6 Å². The molecular formula is C50H44F2N2O6. The predicted molar refractivity (Wildman–Crippen MR) is 227 cm³/mol. The number of hydrogen-bond donors (Lipinski definition) is 2. The van der Waals surface area contributed by atoms with Crippen molar-refractivity contribution < 1.29 is 38.1 Å². The van der Waals surface area contributed by atoms with Gasteiger partial charge in [0.05, 0.1) is 47.5 Å². The smallest absolute Gasteiger partial charge is 0.310 e. The minimum absolute atomic E-state index is 0.122. The second-order valence-electron chi connectivity index (χ2n) is 16.1. The number of cyclic esters (lactones) is 1. The van der Waals surface area contributed by atoms with Crippen molar-refractivity contribution in [2.75, 3.05) is 0 Å². The summed E-state index contributed by atoms with van der Waals surface area (Å²) < 4.78 is 39.3. The zero-order valence-electron chi connectivity index (χ0n) is 32.8. The zero-order chi connectivity index (χ0) is 41.3. The SMILES string of the molecule is O=C(C[C@H](O)C[C@H](O)/C=C/c1c(C2CC2)nc2ccccc2c1-c1ccc(F)cc1)O[C@H]1CC(=O)O[C@H](/C=C/c2c(C3CC3)nc3ccccc3c2-c2ccc(F)cc2)C1. The standard InChI is InChI=1S/C50H44F2N2O6/c51-33-17-13-29(14-18-33)47-39-5-1-3-7-43(39)53-49(31-9-10-31)41(47)23-21-35(55)25-36(56)26-45(57)60-38-27-37(59-46(58)28-38)22-24-42-48(30-15-19-34(52)20-16-30)40-6-2-4-8-44(40)54-50(42)32-11-12-32/h1-8,13-24,31-32,35-38,55-56H,9-12,25-28H2/b23-21+,24-22+/t35-,36-,37-,38-/m1/s1. The van der Waals surface area contributed by atoms with Crippen LogP contribution in [0.1, 0.15) is 85.7 Å². The van der Waals surface area contributed by atoms with Crippen molar-refractivity contribution in [3.63, 3.8) is 0 Å². The summed E-state index contributed by atoms with van der Waals surface area (Å²) in [6.45, 7) is 0. The molecule has 2 aliphatic carbocycles. The third kappa shape index (κ3) is 8.76. The summed E-state index contributed by atoms with van der Waals surface area (Å²) in [6, 6.07) is 28.4. The van der Waals surface area contributed by atoms with Crippen LogP contribution >= 0.6 is 0 Å². The summed E-state index contributed by atoms with van der Waals surface area (Å²) in [5.74, 6) is -1.32. The highest BCUT2D eigenvalue weighted by Gasteiger charge is 2.33. The van der Waals surface area contributed by atoms with Crippen molar-refractivity contribution >= 4 is 45.9 Å². The number of para-hydroxylation sites is 2. The lowest BCUT2D eigenvalue weighted by Crippen LogP contribution is -2.35. The van der Waals surface area contributed by atoms with E-state index in [4.69, 9.17) is 19.4 Å². The Balaban J connectivity index is 0.878. The Kier molecular flexibility index (Phi) is 11.1. The van der Waals surface area contributed by atoms with Crippen LogP contribution in [0.15, 0.2) is 109 Å². The molecule has 2 aromatic heterocycles. The fraction of sp³-hybridized carbons (Fsp3) is 0.280. The Morgan fingerprint density at radius 1 is 0.750 bits per heavy atom. The van der Waals surface area contributed by atoms with E-state index in [1.807, 2.05) is 60.7 Å². The fourth-order valence-electron chi connectivity index (χ4n) is 8.30. The molecule has 6 aromatic rings. The molecule has 0 radical (unpaired) electrons. The highest BCUT2D eigenvalue weighted by atomic mass is 19.1. The van der Waals surface area contributed by atoms with Gasteiger partial charge in [-0.1, -0.05) is 78.9 Å². The third-order valence-electron chi connectivity index (χ3n) is 11.5. The zero-order valence-corrected chi connectivity index (χ0v) is 32.8. The van der Waals surface area contributed by atoms with Crippen molar-refractivity contribution in [1.29, 1.82) is 0 Å². The number of pyridine rings is 2. The molecule has 3 fully saturated rings. The number of aliphatic hydroxyl groups is 2. The van der Waals surface area contributed by atoms with Crippen molar-refractivity contribution in [3.05, 3.63) is 143 Å². The Bertz CT molecular complexity index is 2640. The Hall–Kier alpha value is -6.10. The van der Waals surface area contributed by atoms with Crippen LogP contribution in [0.4, 0.5) is 8.78 Å². The first-order chi connectivity index (χ1) is 29.2.